The van der Waals surface area contributed by atoms with Crippen molar-refractivity contribution in [1.82, 2.24) is 15.3 Å². The van der Waals surface area contributed by atoms with Crippen molar-refractivity contribution in [2.24, 2.45) is 4.99 Å². The van der Waals surface area contributed by atoms with Crippen molar-refractivity contribution in [3.05, 3.63) is 60.2 Å². The number of hydrogen-bond acceptors (Lipinski definition) is 5. The third-order valence-corrected chi connectivity index (χ3v) is 3.09. The van der Waals surface area contributed by atoms with Gasteiger partial charge in [0.1, 0.15) is 5.84 Å². The molecule has 0 amide bonds. The molecule has 1 aliphatic rings. The molecular weight excluding hydrogens is 240 g/mol. The fourth-order valence-corrected chi connectivity index (χ4v) is 2.17. The van der Waals surface area contributed by atoms with Crippen LogP contribution in [0, 0.1) is 0 Å². The number of hydrogen-bond donors (Lipinski definition) is 2. The van der Waals surface area contributed by atoms with Gasteiger partial charge in [0.15, 0.2) is 0 Å². The zero-order valence-corrected chi connectivity index (χ0v) is 10.3. The number of amidine groups is 1. The summed E-state index contributed by atoms with van der Waals surface area (Å²) in [4.78, 5) is 12.9. The Bertz CT molecular complexity index is 543. The van der Waals surface area contributed by atoms with E-state index in [9.17, 15) is 5.11 Å². The summed E-state index contributed by atoms with van der Waals surface area (Å²) in [6, 6.07) is 10.9. The van der Waals surface area contributed by atoms with E-state index in [1.807, 2.05) is 24.3 Å². The molecule has 5 nitrogen and oxygen atoms in total. The molecule has 2 N–H and O–H groups in total. The van der Waals surface area contributed by atoms with Crippen LogP contribution in [-0.2, 0) is 5.60 Å². The lowest BCUT2D eigenvalue weighted by Crippen LogP contribution is -2.44. The molecule has 5 heteroatoms. The van der Waals surface area contributed by atoms with E-state index in [1.165, 1.54) is 0 Å². The summed E-state index contributed by atoms with van der Waals surface area (Å²) in [7, 11) is 0. The highest BCUT2D eigenvalue weighted by atomic mass is 16.3. The van der Waals surface area contributed by atoms with Crippen LogP contribution in [0.15, 0.2) is 53.8 Å². The van der Waals surface area contributed by atoms with Gasteiger partial charge in [-0.2, -0.15) is 0 Å². The molecule has 1 aliphatic heterocycles. The monoisotopic (exact) mass is 254 g/mol. The molecule has 3 rings (SSSR count). The Hall–Kier alpha value is -2.27. The van der Waals surface area contributed by atoms with Crippen LogP contribution in [0.1, 0.15) is 11.4 Å². The van der Waals surface area contributed by atoms with Crippen molar-refractivity contribution in [2.75, 3.05) is 13.1 Å². The molecule has 0 radical (unpaired) electrons. The number of aromatic nitrogens is 2. The van der Waals surface area contributed by atoms with Crippen molar-refractivity contribution in [1.29, 1.82) is 0 Å². The Morgan fingerprint density at radius 1 is 1.00 bits per heavy atom. The van der Waals surface area contributed by atoms with Gasteiger partial charge in [-0.05, 0) is 24.3 Å². The molecule has 0 saturated heterocycles. The van der Waals surface area contributed by atoms with Crippen molar-refractivity contribution < 1.29 is 5.11 Å². The Morgan fingerprint density at radius 3 is 2.05 bits per heavy atom. The van der Waals surface area contributed by atoms with Crippen LogP contribution in [0.3, 0.4) is 0 Å². The minimum Gasteiger partial charge on any atom is -0.371 e. The van der Waals surface area contributed by atoms with Crippen molar-refractivity contribution >= 4 is 5.84 Å². The molecule has 0 bridgehead atoms. The largest absolute Gasteiger partial charge is 0.371 e. The average molecular weight is 254 g/mol. The van der Waals surface area contributed by atoms with Gasteiger partial charge in [-0.3, -0.25) is 15.0 Å². The Balaban J connectivity index is 2.16. The van der Waals surface area contributed by atoms with E-state index in [0.29, 0.717) is 23.8 Å². The van der Waals surface area contributed by atoms with Crippen LogP contribution in [-0.4, -0.2) is 34.0 Å². The predicted octanol–water partition coefficient (Wildman–Crippen LogP) is 0.714. The van der Waals surface area contributed by atoms with E-state index < -0.39 is 5.60 Å². The standard InChI is InChI=1S/C14H14N4O/c19-14(13-17-9-10-18-13,11-5-1-3-7-15-11)12-6-2-4-8-16-12/h1-8,19H,9-10H2,(H,17,18). The quantitative estimate of drug-likeness (QED) is 0.846. The number of pyridine rings is 2. The molecule has 0 fully saturated rings. The lowest BCUT2D eigenvalue weighted by molar-refractivity contribution is 0.143. The third-order valence-electron chi connectivity index (χ3n) is 3.09. The third kappa shape index (κ3) is 1.98. The van der Waals surface area contributed by atoms with Gasteiger partial charge in [-0.15, -0.1) is 0 Å². The molecular formula is C14H14N4O. The van der Waals surface area contributed by atoms with Crippen molar-refractivity contribution in [3.63, 3.8) is 0 Å². The predicted molar refractivity (Wildman–Crippen MR) is 71.8 cm³/mol. The van der Waals surface area contributed by atoms with Crippen LogP contribution < -0.4 is 5.32 Å². The molecule has 0 unspecified atom stereocenters. The van der Waals surface area contributed by atoms with Crippen molar-refractivity contribution in [3.8, 4) is 0 Å². The van der Waals surface area contributed by atoms with Gasteiger partial charge in [-0.25, -0.2) is 0 Å². The number of rotatable bonds is 3. The van der Waals surface area contributed by atoms with E-state index >= 15 is 0 Å². The summed E-state index contributed by atoms with van der Waals surface area (Å²) in [5, 5.41) is 14.2. The second-order valence-electron chi connectivity index (χ2n) is 4.30. The maximum atomic E-state index is 11.1. The summed E-state index contributed by atoms with van der Waals surface area (Å²) < 4.78 is 0. The zero-order valence-electron chi connectivity index (χ0n) is 10.3. The van der Waals surface area contributed by atoms with Crippen LogP contribution in [0.25, 0.3) is 0 Å². The lowest BCUT2D eigenvalue weighted by Gasteiger charge is -2.27. The number of aliphatic imine (C=N–C) groups is 1. The highest BCUT2D eigenvalue weighted by molar-refractivity contribution is 5.94. The maximum Gasteiger partial charge on any atom is 0.206 e. The Morgan fingerprint density at radius 2 is 1.63 bits per heavy atom. The Kier molecular flexibility index (Phi) is 2.97. The highest BCUT2D eigenvalue weighted by Crippen LogP contribution is 2.28. The summed E-state index contributed by atoms with van der Waals surface area (Å²) >= 11 is 0. The second-order valence-corrected chi connectivity index (χ2v) is 4.30. The smallest absolute Gasteiger partial charge is 0.206 e. The maximum absolute atomic E-state index is 11.1. The van der Waals surface area contributed by atoms with Gasteiger partial charge in [-0.1, -0.05) is 12.1 Å². The number of aliphatic hydroxyl groups is 1. The summed E-state index contributed by atoms with van der Waals surface area (Å²) in [6.45, 7) is 1.37. The van der Waals surface area contributed by atoms with E-state index in [-0.39, 0.29) is 0 Å². The molecule has 19 heavy (non-hydrogen) atoms. The van der Waals surface area contributed by atoms with Gasteiger partial charge in [0, 0.05) is 18.9 Å². The summed E-state index contributed by atoms with van der Waals surface area (Å²) in [6.07, 6.45) is 3.30. The van der Waals surface area contributed by atoms with Crippen LogP contribution in [0.5, 0.6) is 0 Å². The first-order valence-electron chi connectivity index (χ1n) is 6.16. The van der Waals surface area contributed by atoms with Crippen LogP contribution in [0.2, 0.25) is 0 Å². The Labute approximate surface area is 111 Å². The first kappa shape index (κ1) is 11.8. The topological polar surface area (TPSA) is 70.4 Å². The lowest BCUT2D eigenvalue weighted by atomic mass is 9.92. The van der Waals surface area contributed by atoms with Gasteiger partial charge in [0.2, 0.25) is 5.60 Å². The number of nitrogens with zero attached hydrogens (tertiary/aromatic N) is 3. The molecule has 0 aromatic carbocycles. The molecule has 2 aromatic heterocycles. The molecule has 96 valence electrons. The SMILES string of the molecule is OC(C1=NCCN1)(c1ccccn1)c1ccccn1. The van der Waals surface area contributed by atoms with E-state index in [2.05, 4.69) is 20.3 Å². The van der Waals surface area contributed by atoms with E-state index in [1.54, 1.807) is 24.5 Å². The first-order chi connectivity index (χ1) is 9.32. The zero-order chi connectivity index (χ0) is 13.1. The van der Waals surface area contributed by atoms with Gasteiger partial charge >= 0.3 is 0 Å². The normalized spacial score (nSPS) is 14.9. The fraction of sp³-hybridized carbons (Fsp3) is 0.214. The van der Waals surface area contributed by atoms with Gasteiger partial charge < -0.3 is 10.4 Å². The molecule has 0 aliphatic carbocycles. The summed E-state index contributed by atoms with van der Waals surface area (Å²) in [5.74, 6) is 0.505. The highest BCUT2D eigenvalue weighted by Gasteiger charge is 2.41. The molecule has 0 atom stereocenters. The molecule has 2 aromatic rings. The van der Waals surface area contributed by atoms with Crippen LogP contribution in [0.4, 0.5) is 0 Å². The van der Waals surface area contributed by atoms with Crippen LogP contribution >= 0.6 is 0 Å². The summed E-state index contributed by atoms with van der Waals surface area (Å²) in [5.41, 5.74) is -0.386. The van der Waals surface area contributed by atoms with Gasteiger partial charge in [0.05, 0.1) is 17.9 Å². The first-order valence-corrected chi connectivity index (χ1v) is 6.16. The molecule has 3 heterocycles. The minimum atomic E-state index is -1.42. The van der Waals surface area contributed by atoms with Gasteiger partial charge in [0.25, 0.3) is 0 Å². The average Bonchev–Trinajstić information content (AvgIpc) is 3.03. The van der Waals surface area contributed by atoms with E-state index in [4.69, 9.17) is 0 Å². The van der Waals surface area contributed by atoms with Crippen molar-refractivity contribution in [2.45, 2.75) is 5.60 Å². The number of nitrogens with one attached hydrogen (secondary N) is 1. The molecule has 0 spiro atoms. The molecule has 0 saturated carbocycles. The minimum absolute atomic E-state index is 0.505. The second kappa shape index (κ2) is 4.78. The van der Waals surface area contributed by atoms with E-state index in [0.717, 1.165) is 6.54 Å². The fourth-order valence-electron chi connectivity index (χ4n) is 2.17.